The van der Waals surface area contributed by atoms with E-state index >= 15 is 0 Å². The summed E-state index contributed by atoms with van der Waals surface area (Å²) in [6.07, 6.45) is 0. The maximum absolute atomic E-state index is 6.00. The van der Waals surface area contributed by atoms with Gasteiger partial charge in [0.25, 0.3) is 0 Å². The van der Waals surface area contributed by atoms with Crippen molar-refractivity contribution in [1.29, 1.82) is 0 Å². The van der Waals surface area contributed by atoms with E-state index in [4.69, 9.17) is 4.42 Å². The summed E-state index contributed by atoms with van der Waals surface area (Å²) in [4.78, 5) is 0. The second-order valence-electron chi connectivity index (χ2n) is 4.79. The van der Waals surface area contributed by atoms with E-state index in [1.165, 1.54) is 0 Å². The highest BCUT2D eigenvalue weighted by Crippen LogP contribution is 2.35. The third kappa shape index (κ3) is 1.56. The standard InChI is InChI=1S/C15H14N4O/c1-2-18-10-19(17-16-18)13-8-5-7-12-11-6-3-4-9-14(11)20-15(12)13/h3-9H,2,10H2,1H3. The van der Waals surface area contributed by atoms with Gasteiger partial charge in [-0.05, 0) is 24.3 Å². The number of nitrogens with zero attached hydrogens (tertiary/aromatic N) is 4. The summed E-state index contributed by atoms with van der Waals surface area (Å²) in [5, 5.41) is 14.3. The molecule has 2 heterocycles. The molecule has 0 saturated heterocycles. The molecule has 0 bridgehead atoms. The van der Waals surface area contributed by atoms with Crippen molar-refractivity contribution in [3.8, 4) is 0 Å². The lowest BCUT2D eigenvalue weighted by Crippen LogP contribution is -2.24. The average Bonchev–Trinajstić information content (AvgIpc) is 3.11. The van der Waals surface area contributed by atoms with Gasteiger partial charge in [-0.15, -0.1) is 0 Å². The van der Waals surface area contributed by atoms with Crippen LogP contribution >= 0.6 is 0 Å². The van der Waals surface area contributed by atoms with E-state index in [1.807, 2.05) is 40.3 Å². The minimum Gasteiger partial charge on any atom is -0.454 e. The molecule has 20 heavy (non-hydrogen) atoms. The molecule has 0 amide bonds. The minimum atomic E-state index is 0.659. The van der Waals surface area contributed by atoms with Gasteiger partial charge in [0.1, 0.15) is 17.9 Å². The second kappa shape index (κ2) is 4.23. The lowest BCUT2D eigenvalue weighted by molar-refractivity contribution is 0.334. The summed E-state index contributed by atoms with van der Waals surface area (Å²) >= 11 is 0. The van der Waals surface area contributed by atoms with Crippen LogP contribution in [0.2, 0.25) is 0 Å². The fraction of sp³-hybridized carbons (Fsp3) is 0.200. The Balaban J connectivity index is 1.90. The maximum Gasteiger partial charge on any atom is 0.160 e. The van der Waals surface area contributed by atoms with Crippen molar-refractivity contribution in [3.63, 3.8) is 0 Å². The zero-order valence-corrected chi connectivity index (χ0v) is 11.2. The summed E-state index contributed by atoms with van der Waals surface area (Å²) in [6, 6.07) is 14.2. The maximum atomic E-state index is 6.00. The molecular weight excluding hydrogens is 252 g/mol. The molecular formula is C15H14N4O. The van der Waals surface area contributed by atoms with E-state index in [0.29, 0.717) is 6.67 Å². The van der Waals surface area contributed by atoms with E-state index in [1.54, 1.807) is 0 Å². The Bertz CT molecular complexity index is 808. The van der Waals surface area contributed by atoms with Gasteiger partial charge >= 0.3 is 0 Å². The monoisotopic (exact) mass is 266 g/mol. The van der Waals surface area contributed by atoms with E-state index in [2.05, 4.69) is 29.5 Å². The highest BCUT2D eigenvalue weighted by molar-refractivity contribution is 6.08. The van der Waals surface area contributed by atoms with Crippen LogP contribution in [0.25, 0.3) is 21.9 Å². The van der Waals surface area contributed by atoms with Crippen LogP contribution in [0.15, 0.2) is 57.3 Å². The van der Waals surface area contributed by atoms with E-state index in [0.717, 1.165) is 34.2 Å². The molecule has 0 saturated carbocycles. The Labute approximate surface area is 116 Å². The molecule has 100 valence electrons. The number of rotatable bonds is 2. The van der Waals surface area contributed by atoms with Crippen LogP contribution < -0.4 is 5.01 Å². The molecule has 0 spiro atoms. The molecule has 0 aliphatic carbocycles. The highest BCUT2D eigenvalue weighted by atomic mass is 16.3. The SMILES string of the molecule is CCN1CN(c2cccc3c2oc2ccccc23)N=N1. The summed E-state index contributed by atoms with van der Waals surface area (Å²) in [5.41, 5.74) is 2.72. The molecule has 4 rings (SSSR count). The van der Waals surface area contributed by atoms with E-state index < -0.39 is 0 Å². The number of benzene rings is 2. The molecule has 3 aromatic rings. The molecule has 0 fully saturated rings. The first-order chi connectivity index (χ1) is 9.86. The van der Waals surface area contributed by atoms with Crippen molar-refractivity contribution in [3.05, 3.63) is 42.5 Å². The van der Waals surface area contributed by atoms with E-state index in [9.17, 15) is 0 Å². The molecule has 0 atom stereocenters. The van der Waals surface area contributed by atoms with Crippen molar-refractivity contribution in [2.45, 2.75) is 6.92 Å². The zero-order valence-electron chi connectivity index (χ0n) is 11.2. The predicted molar refractivity (Wildman–Crippen MR) is 78.3 cm³/mol. The first-order valence-corrected chi connectivity index (χ1v) is 6.71. The molecule has 2 aromatic carbocycles. The van der Waals surface area contributed by atoms with Crippen LogP contribution in [0.4, 0.5) is 5.69 Å². The van der Waals surface area contributed by atoms with Gasteiger partial charge in [0, 0.05) is 17.3 Å². The summed E-state index contributed by atoms with van der Waals surface area (Å²) < 4.78 is 6.00. The van der Waals surface area contributed by atoms with Crippen molar-refractivity contribution < 1.29 is 4.42 Å². The first kappa shape index (κ1) is 11.3. The number of anilines is 1. The number of hydrogen-bond donors (Lipinski definition) is 0. The summed E-state index contributed by atoms with van der Waals surface area (Å²) in [7, 11) is 0. The number of furan rings is 1. The van der Waals surface area contributed by atoms with Crippen molar-refractivity contribution in [1.82, 2.24) is 5.01 Å². The van der Waals surface area contributed by atoms with Gasteiger partial charge in [-0.1, -0.05) is 35.6 Å². The Morgan fingerprint density at radius 1 is 1.05 bits per heavy atom. The minimum absolute atomic E-state index is 0.659. The Morgan fingerprint density at radius 2 is 1.90 bits per heavy atom. The summed E-state index contributed by atoms with van der Waals surface area (Å²) in [6.45, 7) is 3.56. The molecule has 5 nitrogen and oxygen atoms in total. The Kier molecular flexibility index (Phi) is 2.39. The van der Waals surface area contributed by atoms with Gasteiger partial charge < -0.3 is 4.42 Å². The third-order valence-corrected chi connectivity index (χ3v) is 3.60. The normalized spacial score (nSPS) is 14.8. The van der Waals surface area contributed by atoms with Crippen molar-refractivity contribution in [2.75, 3.05) is 18.2 Å². The van der Waals surface area contributed by atoms with Gasteiger partial charge in [-0.25, -0.2) is 5.01 Å². The molecule has 1 aromatic heterocycles. The van der Waals surface area contributed by atoms with Crippen LogP contribution in [0.5, 0.6) is 0 Å². The molecule has 0 unspecified atom stereocenters. The van der Waals surface area contributed by atoms with Gasteiger partial charge in [0.15, 0.2) is 5.58 Å². The Morgan fingerprint density at radius 3 is 2.75 bits per heavy atom. The second-order valence-corrected chi connectivity index (χ2v) is 4.79. The van der Waals surface area contributed by atoms with Gasteiger partial charge in [-0.2, -0.15) is 0 Å². The fourth-order valence-electron chi connectivity index (χ4n) is 2.54. The van der Waals surface area contributed by atoms with Gasteiger partial charge in [-0.3, -0.25) is 5.01 Å². The van der Waals surface area contributed by atoms with Crippen LogP contribution in [-0.4, -0.2) is 18.2 Å². The van der Waals surface area contributed by atoms with Crippen molar-refractivity contribution >= 4 is 27.6 Å². The molecule has 0 radical (unpaired) electrons. The van der Waals surface area contributed by atoms with Crippen molar-refractivity contribution in [2.24, 2.45) is 10.4 Å². The number of fused-ring (bicyclic) bond motifs is 3. The third-order valence-electron chi connectivity index (χ3n) is 3.60. The van der Waals surface area contributed by atoms with Crippen LogP contribution in [0.3, 0.4) is 0 Å². The molecule has 1 aliphatic heterocycles. The Hall–Kier alpha value is -2.56. The highest BCUT2D eigenvalue weighted by Gasteiger charge is 2.20. The van der Waals surface area contributed by atoms with Crippen LogP contribution in [-0.2, 0) is 0 Å². The first-order valence-electron chi connectivity index (χ1n) is 6.71. The molecule has 0 N–H and O–H groups in total. The van der Waals surface area contributed by atoms with Crippen LogP contribution in [0.1, 0.15) is 6.92 Å². The lowest BCUT2D eigenvalue weighted by Gasteiger charge is -2.14. The summed E-state index contributed by atoms with van der Waals surface area (Å²) in [5.74, 6) is 0. The number of para-hydroxylation sites is 2. The lowest BCUT2D eigenvalue weighted by atomic mass is 10.1. The fourth-order valence-corrected chi connectivity index (χ4v) is 2.54. The smallest absolute Gasteiger partial charge is 0.160 e. The largest absolute Gasteiger partial charge is 0.454 e. The van der Waals surface area contributed by atoms with Gasteiger partial charge in [0.05, 0.1) is 0 Å². The predicted octanol–water partition coefficient (Wildman–Crippen LogP) is 3.97. The van der Waals surface area contributed by atoms with E-state index in [-0.39, 0.29) is 0 Å². The molecule has 1 aliphatic rings. The quantitative estimate of drug-likeness (QED) is 0.705. The topological polar surface area (TPSA) is 44.3 Å². The molecule has 5 heteroatoms. The van der Waals surface area contributed by atoms with Gasteiger partial charge in [0.2, 0.25) is 0 Å². The van der Waals surface area contributed by atoms with Crippen LogP contribution in [0, 0.1) is 0 Å². The number of hydrogen-bond acceptors (Lipinski definition) is 5. The average molecular weight is 266 g/mol. The zero-order chi connectivity index (χ0) is 13.5.